The quantitative estimate of drug-likeness (QED) is 0.583. The highest BCUT2D eigenvalue weighted by atomic mass is 16.5. The molecule has 0 aromatic heterocycles. The van der Waals surface area contributed by atoms with Gasteiger partial charge in [-0.15, -0.1) is 0 Å². The first-order valence-electron chi connectivity index (χ1n) is 6.57. The predicted molar refractivity (Wildman–Crippen MR) is 84.9 cm³/mol. The van der Waals surface area contributed by atoms with Crippen LogP contribution in [0.4, 0.5) is 5.69 Å². The lowest BCUT2D eigenvalue weighted by molar-refractivity contribution is 0.415. The van der Waals surface area contributed by atoms with Gasteiger partial charge in [0.25, 0.3) is 0 Å². The molecule has 0 atom stereocenters. The monoisotopic (exact) mass is 280 g/mol. The van der Waals surface area contributed by atoms with Crippen LogP contribution < -0.4 is 21.3 Å². The van der Waals surface area contributed by atoms with Gasteiger partial charge in [-0.2, -0.15) is 0 Å². The van der Waals surface area contributed by atoms with Crippen LogP contribution in [0.15, 0.2) is 59.7 Å². The number of guanidine groups is 1. The van der Waals surface area contributed by atoms with Crippen LogP contribution in [0.2, 0.25) is 0 Å². The van der Waals surface area contributed by atoms with Gasteiger partial charge in [-0.1, -0.05) is 30.3 Å². The van der Waals surface area contributed by atoms with E-state index in [1.54, 1.807) is 13.3 Å². The Kier molecular flexibility index (Phi) is 3.57. The van der Waals surface area contributed by atoms with Gasteiger partial charge < -0.3 is 10.1 Å². The molecule has 3 rings (SSSR count). The summed E-state index contributed by atoms with van der Waals surface area (Å²) in [6, 6.07) is 15.9. The largest absolute Gasteiger partial charge is 0.497 e. The summed E-state index contributed by atoms with van der Waals surface area (Å²) in [6.45, 7) is 0. The van der Waals surface area contributed by atoms with Gasteiger partial charge in [0.1, 0.15) is 5.75 Å². The minimum absolute atomic E-state index is 0.493. The number of fused-ring (bicyclic) bond motifs is 1. The average molecular weight is 280 g/mol. The minimum Gasteiger partial charge on any atom is -0.497 e. The van der Waals surface area contributed by atoms with Gasteiger partial charge >= 0.3 is 0 Å². The Morgan fingerprint density at radius 3 is 2.67 bits per heavy atom. The number of rotatable bonds is 2. The van der Waals surface area contributed by atoms with Crippen LogP contribution in [0.25, 0.3) is 5.57 Å². The molecule has 21 heavy (non-hydrogen) atoms. The van der Waals surface area contributed by atoms with Crippen LogP contribution >= 0.6 is 0 Å². The lowest BCUT2D eigenvalue weighted by Crippen LogP contribution is -2.35. The summed E-state index contributed by atoms with van der Waals surface area (Å²) < 4.78 is 5.33. The average Bonchev–Trinajstić information content (AvgIpc) is 2.74. The van der Waals surface area contributed by atoms with Crippen molar-refractivity contribution in [3.8, 4) is 5.75 Å². The Balaban J connectivity index is 2.18. The summed E-state index contributed by atoms with van der Waals surface area (Å²) in [5.74, 6) is 6.76. The topological polar surface area (TPSA) is 71.7 Å². The maximum Gasteiger partial charge on any atom is 0.214 e. The number of anilines is 1. The molecule has 0 radical (unpaired) electrons. The molecule has 1 heterocycles. The third-order valence-electron chi connectivity index (χ3n) is 3.31. The van der Waals surface area contributed by atoms with E-state index in [4.69, 9.17) is 10.6 Å². The summed E-state index contributed by atoms with van der Waals surface area (Å²) in [5, 5.41) is 3.17. The molecule has 0 saturated heterocycles. The molecule has 0 bridgehead atoms. The number of ether oxygens (including phenoxy) is 1. The van der Waals surface area contributed by atoms with Crippen molar-refractivity contribution in [1.82, 2.24) is 5.43 Å². The van der Waals surface area contributed by atoms with Crippen molar-refractivity contribution in [1.29, 1.82) is 0 Å². The number of nitrogens with two attached hydrogens (primary N) is 1. The van der Waals surface area contributed by atoms with E-state index in [0.717, 1.165) is 28.1 Å². The van der Waals surface area contributed by atoms with Gasteiger partial charge in [-0.05, 0) is 23.8 Å². The fourth-order valence-electron chi connectivity index (χ4n) is 2.26. The first-order chi connectivity index (χ1) is 10.3. The molecule has 0 aliphatic carbocycles. The number of nitrogens with zero attached hydrogens (tertiary/aromatic N) is 1. The number of benzene rings is 2. The molecule has 4 N–H and O–H groups in total. The number of hydrazine groups is 1. The Morgan fingerprint density at radius 1 is 1.14 bits per heavy atom. The highest BCUT2D eigenvalue weighted by Gasteiger charge is 2.15. The zero-order valence-electron chi connectivity index (χ0n) is 11.6. The summed E-state index contributed by atoms with van der Waals surface area (Å²) >= 11 is 0. The number of hydrogen-bond acceptors (Lipinski definition) is 5. The van der Waals surface area contributed by atoms with E-state index in [9.17, 15) is 0 Å². The fourth-order valence-corrected chi connectivity index (χ4v) is 2.26. The number of methoxy groups -OCH3 is 1. The lowest BCUT2D eigenvalue weighted by atomic mass is 9.97. The van der Waals surface area contributed by atoms with Crippen LogP contribution in [0, 0.1) is 0 Å². The molecular weight excluding hydrogens is 264 g/mol. The molecule has 0 amide bonds. The second-order valence-corrected chi connectivity index (χ2v) is 4.57. The van der Waals surface area contributed by atoms with E-state index in [2.05, 4.69) is 15.7 Å². The number of nitrogens with one attached hydrogen (secondary N) is 2. The minimum atomic E-state index is 0.493. The van der Waals surface area contributed by atoms with Gasteiger partial charge in [0, 0.05) is 23.0 Å². The van der Waals surface area contributed by atoms with Crippen LogP contribution in [-0.4, -0.2) is 13.1 Å². The van der Waals surface area contributed by atoms with Crippen molar-refractivity contribution >= 4 is 17.2 Å². The van der Waals surface area contributed by atoms with Gasteiger partial charge in [-0.25, -0.2) is 10.8 Å². The Morgan fingerprint density at radius 2 is 1.95 bits per heavy atom. The maximum atomic E-state index is 5.47. The maximum absolute atomic E-state index is 5.47. The molecule has 0 saturated carbocycles. The van der Waals surface area contributed by atoms with E-state index in [0.29, 0.717) is 5.96 Å². The molecule has 0 fully saturated rings. The predicted octanol–water partition coefficient (Wildman–Crippen LogP) is 2.33. The Bertz CT molecular complexity index is 707. The van der Waals surface area contributed by atoms with E-state index in [-0.39, 0.29) is 0 Å². The van der Waals surface area contributed by atoms with E-state index >= 15 is 0 Å². The third-order valence-corrected chi connectivity index (χ3v) is 3.31. The first kappa shape index (κ1) is 13.2. The van der Waals surface area contributed by atoms with Gasteiger partial charge in [-0.3, -0.25) is 5.43 Å². The Hall–Kier alpha value is -2.79. The van der Waals surface area contributed by atoms with Crippen molar-refractivity contribution in [3.63, 3.8) is 0 Å². The molecule has 1 aliphatic rings. The molecule has 5 heteroatoms. The van der Waals surface area contributed by atoms with Gasteiger partial charge in [0.2, 0.25) is 5.96 Å². The molecule has 1 aliphatic heterocycles. The number of hydrogen-bond donors (Lipinski definition) is 3. The SMILES string of the molecule is COc1ccc2c(c1)C(c1ccccc1)=CN=C(NN)N2. The van der Waals surface area contributed by atoms with Crippen molar-refractivity contribution in [3.05, 3.63) is 65.9 Å². The first-order valence-corrected chi connectivity index (χ1v) is 6.57. The molecule has 5 nitrogen and oxygen atoms in total. The van der Waals surface area contributed by atoms with Crippen molar-refractivity contribution in [2.45, 2.75) is 0 Å². The lowest BCUT2D eigenvalue weighted by Gasteiger charge is -2.14. The van der Waals surface area contributed by atoms with Gasteiger partial charge in [0.15, 0.2) is 0 Å². The fraction of sp³-hybridized carbons (Fsp3) is 0.0625. The molecule has 2 aromatic carbocycles. The molecule has 0 unspecified atom stereocenters. The van der Waals surface area contributed by atoms with E-state index in [1.165, 1.54) is 0 Å². The molecule has 2 aromatic rings. The van der Waals surface area contributed by atoms with Crippen molar-refractivity contribution in [2.24, 2.45) is 10.8 Å². The smallest absolute Gasteiger partial charge is 0.214 e. The third kappa shape index (κ3) is 2.59. The number of aliphatic imine (C=N–C) groups is 1. The van der Waals surface area contributed by atoms with Crippen LogP contribution in [0.3, 0.4) is 0 Å². The molecular formula is C16H16N4O. The molecule has 0 spiro atoms. The van der Waals surface area contributed by atoms with Crippen LogP contribution in [0.5, 0.6) is 5.75 Å². The zero-order chi connectivity index (χ0) is 14.7. The van der Waals surface area contributed by atoms with E-state index < -0.39 is 0 Å². The summed E-state index contributed by atoms with van der Waals surface area (Å²) in [5.41, 5.74) is 6.56. The van der Waals surface area contributed by atoms with Crippen LogP contribution in [-0.2, 0) is 0 Å². The summed E-state index contributed by atoms with van der Waals surface area (Å²) in [6.07, 6.45) is 1.79. The highest BCUT2D eigenvalue weighted by molar-refractivity contribution is 6.01. The van der Waals surface area contributed by atoms with Gasteiger partial charge in [0.05, 0.1) is 7.11 Å². The standard InChI is InChI=1S/C16H16N4O/c1-21-12-7-8-15-13(9-12)14(10-18-16(19-15)20-17)11-5-3-2-4-6-11/h2-10H,17H2,1H3,(H2,18,19,20). The molecule has 106 valence electrons. The Labute approximate surface area is 123 Å². The zero-order valence-corrected chi connectivity index (χ0v) is 11.6. The van der Waals surface area contributed by atoms with E-state index in [1.807, 2.05) is 48.5 Å². The normalized spacial score (nSPS) is 13.2. The van der Waals surface area contributed by atoms with Crippen molar-refractivity contribution < 1.29 is 4.74 Å². The van der Waals surface area contributed by atoms with Crippen LogP contribution in [0.1, 0.15) is 11.1 Å². The summed E-state index contributed by atoms with van der Waals surface area (Å²) in [7, 11) is 1.65. The summed E-state index contributed by atoms with van der Waals surface area (Å²) in [4.78, 5) is 4.34. The van der Waals surface area contributed by atoms with Crippen molar-refractivity contribution in [2.75, 3.05) is 12.4 Å². The second-order valence-electron chi connectivity index (χ2n) is 4.57. The highest BCUT2D eigenvalue weighted by Crippen LogP contribution is 2.33. The second kappa shape index (κ2) is 5.68.